The van der Waals surface area contributed by atoms with Gasteiger partial charge in [0.1, 0.15) is 0 Å². The predicted octanol–water partition coefficient (Wildman–Crippen LogP) is 3.32. The smallest absolute Gasteiger partial charge is 0.310 e. The minimum absolute atomic E-state index is 0.142. The third-order valence-electron chi connectivity index (χ3n) is 5.14. The molecule has 0 radical (unpaired) electrons. The van der Waals surface area contributed by atoms with Crippen LogP contribution >= 0.6 is 15.9 Å². The van der Waals surface area contributed by atoms with Crippen LogP contribution in [-0.4, -0.2) is 16.5 Å². The number of nitrogens with one attached hydrogen (secondary N) is 3. The van der Waals surface area contributed by atoms with E-state index in [-0.39, 0.29) is 5.69 Å². The lowest BCUT2D eigenvalue weighted by Gasteiger charge is -2.27. The van der Waals surface area contributed by atoms with Crippen molar-refractivity contribution in [3.8, 4) is 0 Å². The van der Waals surface area contributed by atoms with Crippen molar-refractivity contribution in [2.24, 2.45) is 17.8 Å². The highest BCUT2D eigenvalue weighted by Crippen LogP contribution is 2.57. The molecule has 4 rings (SSSR count). The van der Waals surface area contributed by atoms with Crippen molar-refractivity contribution in [3.05, 3.63) is 32.7 Å². The van der Waals surface area contributed by atoms with Crippen LogP contribution in [-0.2, 0) is 0 Å². The standard InChI is InChI=1S/C16H20BrN3O/c1-2-18-15(10-4-8-3-9(8)5-10)11-6-13-14(7-12(11)17)20-16(21)19-13/h6-10,15,18H,2-5H2,1H3,(H2,19,20,21). The summed E-state index contributed by atoms with van der Waals surface area (Å²) in [6.07, 6.45) is 4.13. The van der Waals surface area contributed by atoms with Crippen LogP contribution in [0.3, 0.4) is 0 Å². The Labute approximate surface area is 131 Å². The zero-order chi connectivity index (χ0) is 14.6. The van der Waals surface area contributed by atoms with Gasteiger partial charge >= 0.3 is 5.69 Å². The quantitative estimate of drug-likeness (QED) is 0.792. The Balaban J connectivity index is 1.73. The van der Waals surface area contributed by atoms with Gasteiger partial charge in [0.15, 0.2) is 0 Å². The lowest BCUT2D eigenvalue weighted by Crippen LogP contribution is -2.28. The van der Waals surface area contributed by atoms with E-state index in [2.05, 4.69) is 44.2 Å². The van der Waals surface area contributed by atoms with Crippen molar-refractivity contribution >= 4 is 27.0 Å². The van der Waals surface area contributed by atoms with Crippen molar-refractivity contribution in [2.75, 3.05) is 6.54 Å². The molecule has 2 aromatic rings. The molecule has 3 atom stereocenters. The van der Waals surface area contributed by atoms with E-state index in [0.29, 0.717) is 12.0 Å². The number of rotatable bonds is 4. The van der Waals surface area contributed by atoms with Crippen molar-refractivity contribution in [1.29, 1.82) is 0 Å². The zero-order valence-corrected chi connectivity index (χ0v) is 13.7. The van der Waals surface area contributed by atoms with Crippen LogP contribution in [0.15, 0.2) is 21.4 Å². The van der Waals surface area contributed by atoms with E-state index in [1.807, 2.05) is 6.07 Å². The van der Waals surface area contributed by atoms with Crippen LogP contribution in [0, 0.1) is 17.8 Å². The Morgan fingerprint density at radius 3 is 2.57 bits per heavy atom. The van der Waals surface area contributed by atoms with Gasteiger partial charge in [-0.2, -0.15) is 0 Å². The minimum Gasteiger partial charge on any atom is -0.310 e. The molecule has 0 amide bonds. The number of hydrogen-bond donors (Lipinski definition) is 3. The molecular formula is C16H20BrN3O. The summed E-state index contributed by atoms with van der Waals surface area (Å²) in [4.78, 5) is 17.2. The topological polar surface area (TPSA) is 60.7 Å². The molecule has 1 aromatic heterocycles. The normalized spacial score (nSPS) is 28.8. The molecule has 2 fully saturated rings. The Kier molecular flexibility index (Phi) is 3.23. The Morgan fingerprint density at radius 1 is 1.24 bits per heavy atom. The molecule has 0 spiro atoms. The summed E-state index contributed by atoms with van der Waals surface area (Å²) in [7, 11) is 0. The summed E-state index contributed by atoms with van der Waals surface area (Å²) < 4.78 is 1.08. The van der Waals surface area contributed by atoms with Crippen molar-refractivity contribution < 1.29 is 0 Å². The molecule has 5 heteroatoms. The highest BCUT2D eigenvalue weighted by molar-refractivity contribution is 9.10. The number of aromatic nitrogens is 2. The van der Waals surface area contributed by atoms with Gasteiger partial charge in [0, 0.05) is 10.5 Å². The molecule has 3 unspecified atom stereocenters. The van der Waals surface area contributed by atoms with E-state index in [1.165, 1.54) is 24.8 Å². The first-order valence-corrected chi connectivity index (χ1v) is 8.59. The van der Waals surface area contributed by atoms with Crippen molar-refractivity contribution in [3.63, 3.8) is 0 Å². The highest BCUT2D eigenvalue weighted by atomic mass is 79.9. The van der Waals surface area contributed by atoms with Gasteiger partial charge in [-0.1, -0.05) is 22.9 Å². The molecule has 3 N–H and O–H groups in total. The maximum atomic E-state index is 11.5. The van der Waals surface area contributed by atoms with Gasteiger partial charge in [0.2, 0.25) is 0 Å². The Morgan fingerprint density at radius 2 is 1.90 bits per heavy atom. The van der Waals surface area contributed by atoms with E-state index in [4.69, 9.17) is 0 Å². The molecule has 2 saturated carbocycles. The number of hydrogen-bond acceptors (Lipinski definition) is 2. The van der Waals surface area contributed by atoms with Crippen LogP contribution in [0.1, 0.15) is 37.8 Å². The first kappa shape index (κ1) is 13.6. The molecular weight excluding hydrogens is 330 g/mol. The fourth-order valence-electron chi connectivity index (χ4n) is 4.10. The van der Waals surface area contributed by atoms with Crippen LogP contribution in [0.2, 0.25) is 0 Å². The second kappa shape index (κ2) is 4.99. The van der Waals surface area contributed by atoms with E-state index >= 15 is 0 Å². The molecule has 0 bridgehead atoms. The lowest BCUT2D eigenvalue weighted by atomic mass is 9.89. The van der Waals surface area contributed by atoms with E-state index in [1.54, 1.807) is 0 Å². The van der Waals surface area contributed by atoms with Crippen LogP contribution < -0.4 is 11.0 Å². The molecule has 1 aromatic carbocycles. The molecule has 4 nitrogen and oxygen atoms in total. The first-order valence-electron chi connectivity index (χ1n) is 7.80. The third kappa shape index (κ3) is 2.36. The van der Waals surface area contributed by atoms with Gasteiger partial charge in [0.25, 0.3) is 0 Å². The average Bonchev–Trinajstić information content (AvgIpc) is 2.89. The van der Waals surface area contributed by atoms with Gasteiger partial charge in [-0.3, -0.25) is 0 Å². The van der Waals surface area contributed by atoms with Crippen LogP contribution in [0.5, 0.6) is 0 Å². The lowest BCUT2D eigenvalue weighted by molar-refractivity contribution is 0.346. The second-order valence-electron chi connectivity index (χ2n) is 6.52. The SMILES string of the molecule is CCNC(c1cc2[nH]c(=O)[nH]c2cc1Br)C1CC2CC2C1. The second-order valence-corrected chi connectivity index (χ2v) is 7.38. The van der Waals surface area contributed by atoms with Crippen LogP contribution in [0.4, 0.5) is 0 Å². The number of halogens is 1. The molecule has 0 aliphatic heterocycles. The molecule has 112 valence electrons. The number of benzene rings is 1. The summed E-state index contributed by atoms with van der Waals surface area (Å²) in [5, 5.41) is 3.66. The average molecular weight is 350 g/mol. The summed E-state index contributed by atoms with van der Waals surface area (Å²) >= 11 is 3.69. The molecule has 1 heterocycles. The van der Waals surface area contributed by atoms with Gasteiger partial charge in [-0.05, 0) is 61.3 Å². The maximum absolute atomic E-state index is 11.5. The first-order chi connectivity index (χ1) is 10.2. The Hall–Kier alpha value is -1.07. The zero-order valence-electron chi connectivity index (χ0n) is 12.1. The van der Waals surface area contributed by atoms with E-state index < -0.39 is 0 Å². The molecule has 2 aliphatic carbocycles. The van der Waals surface area contributed by atoms with Crippen molar-refractivity contribution in [2.45, 2.75) is 32.2 Å². The number of imidazole rings is 1. The van der Waals surface area contributed by atoms with E-state index in [0.717, 1.165) is 33.9 Å². The predicted molar refractivity (Wildman–Crippen MR) is 87.4 cm³/mol. The van der Waals surface area contributed by atoms with Gasteiger partial charge < -0.3 is 15.3 Å². The molecule has 21 heavy (non-hydrogen) atoms. The summed E-state index contributed by atoms with van der Waals surface area (Å²) in [5.41, 5.74) is 2.88. The number of fused-ring (bicyclic) bond motifs is 2. The highest BCUT2D eigenvalue weighted by Gasteiger charge is 2.48. The van der Waals surface area contributed by atoms with Gasteiger partial charge in [0.05, 0.1) is 11.0 Å². The Bertz CT molecular complexity index is 725. The minimum atomic E-state index is -0.142. The van der Waals surface area contributed by atoms with E-state index in [9.17, 15) is 4.79 Å². The van der Waals surface area contributed by atoms with Gasteiger partial charge in [-0.25, -0.2) is 4.79 Å². The summed E-state index contributed by atoms with van der Waals surface area (Å²) in [6, 6.07) is 4.51. The third-order valence-corrected chi connectivity index (χ3v) is 5.83. The number of H-pyrrole nitrogens is 2. The fourth-order valence-corrected chi connectivity index (χ4v) is 4.69. The molecule has 2 aliphatic rings. The fraction of sp³-hybridized carbons (Fsp3) is 0.562. The molecule has 0 saturated heterocycles. The largest absolute Gasteiger partial charge is 0.323 e. The number of aromatic amines is 2. The van der Waals surface area contributed by atoms with Crippen LogP contribution in [0.25, 0.3) is 11.0 Å². The van der Waals surface area contributed by atoms with Gasteiger partial charge in [-0.15, -0.1) is 0 Å². The summed E-state index contributed by atoms with van der Waals surface area (Å²) in [5.74, 6) is 2.67. The monoisotopic (exact) mass is 349 g/mol. The summed E-state index contributed by atoms with van der Waals surface area (Å²) in [6.45, 7) is 3.12. The maximum Gasteiger partial charge on any atom is 0.323 e. The van der Waals surface area contributed by atoms with Crippen molar-refractivity contribution in [1.82, 2.24) is 15.3 Å².